The Balaban J connectivity index is 1.47. The first-order valence-electron chi connectivity index (χ1n) is 14.9. The van der Waals surface area contributed by atoms with Crippen molar-refractivity contribution < 1.29 is 27.5 Å². The summed E-state index contributed by atoms with van der Waals surface area (Å²) in [4.78, 5) is 46.7. The molecule has 0 radical (unpaired) electrons. The van der Waals surface area contributed by atoms with Gasteiger partial charge in [0.25, 0.3) is 0 Å². The maximum absolute atomic E-state index is 13.7. The van der Waals surface area contributed by atoms with E-state index in [0.29, 0.717) is 44.4 Å². The number of aromatic nitrogens is 1. The summed E-state index contributed by atoms with van der Waals surface area (Å²) in [6, 6.07) is 1.79. The largest absolute Gasteiger partial charge is 0.370 e. The molecule has 3 fully saturated rings. The number of ketones is 1. The second-order valence-corrected chi connectivity index (χ2v) is 14.4. The second kappa shape index (κ2) is 12.9. The number of fused-ring (bicyclic) bond motifs is 2. The number of likely N-dealkylation sites (N-methyl/N-ethyl adjacent to an activating group) is 1. The number of piperidine rings is 1. The molecule has 1 saturated heterocycles. The third-order valence-corrected chi connectivity index (χ3v) is 11.2. The Morgan fingerprint density at radius 3 is 2.65 bits per heavy atom. The van der Waals surface area contributed by atoms with Crippen molar-refractivity contribution >= 4 is 33.6 Å². The van der Waals surface area contributed by atoms with Gasteiger partial charge in [-0.1, -0.05) is 19.9 Å². The summed E-state index contributed by atoms with van der Waals surface area (Å²) in [5.74, 6) is -1.44. The molecule has 2 aliphatic carbocycles. The van der Waals surface area contributed by atoms with Gasteiger partial charge in [0, 0.05) is 44.4 Å². The molecule has 0 spiro atoms. The molecule has 5 unspecified atom stereocenters. The summed E-state index contributed by atoms with van der Waals surface area (Å²) in [5, 5.41) is 10.8. The predicted molar refractivity (Wildman–Crippen MR) is 160 cm³/mol. The molecule has 13 nitrogen and oxygen atoms in total. The zero-order valence-corrected chi connectivity index (χ0v) is 26.3. The summed E-state index contributed by atoms with van der Waals surface area (Å²) in [5.41, 5.74) is 4.93. The molecule has 0 aromatic carbocycles. The van der Waals surface area contributed by atoms with E-state index < -0.39 is 51.0 Å². The average molecular weight is 620 g/mol. The number of guanidine groups is 1. The van der Waals surface area contributed by atoms with Crippen LogP contribution >= 0.6 is 0 Å². The average Bonchev–Trinajstić information content (AvgIpc) is 3.27. The van der Waals surface area contributed by atoms with Crippen LogP contribution in [0, 0.1) is 22.2 Å². The number of carbonyl (C=O) groups is 3. The Labute approximate surface area is 253 Å². The lowest BCUT2D eigenvalue weighted by molar-refractivity contribution is -0.137. The van der Waals surface area contributed by atoms with E-state index in [9.17, 15) is 22.8 Å². The third kappa shape index (κ3) is 6.86. The first kappa shape index (κ1) is 32.8. The summed E-state index contributed by atoms with van der Waals surface area (Å²) in [7, 11) is -2.64. The van der Waals surface area contributed by atoms with E-state index in [1.165, 1.54) is 11.9 Å². The zero-order chi connectivity index (χ0) is 31.6. The molecule has 4 rings (SSSR count). The van der Waals surface area contributed by atoms with Crippen LogP contribution < -0.4 is 15.8 Å². The molecular weight excluding hydrogens is 574 g/mol. The van der Waals surface area contributed by atoms with Gasteiger partial charge in [0.15, 0.2) is 12.2 Å². The summed E-state index contributed by atoms with van der Waals surface area (Å²) in [6.07, 6.45) is 5.56. The van der Waals surface area contributed by atoms with Crippen LogP contribution in [0.25, 0.3) is 0 Å². The summed E-state index contributed by atoms with van der Waals surface area (Å²) >= 11 is 0. The monoisotopic (exact) mass is 619 g/mol. The van der Waals surface area contributed by atoms with Gasteiger partial charge in [0.2, 0.25) is 21.8 Å². The van der Waals surface area contributed by atoms with Gasteiger partial charge >= 0.3 is 0 Å². The minimum Gasteiger partial charge on any atom is -0.370 e. The number of hydrogen-bond donors (Lipinski definition) is 4. The minimum absolute atomic E-state index is 0.0213. The number of rotatable bonds is 12. The van der Waals surface area contributed by atoms with Crippen LogP contribution in [-0.4, -0.2) is 97.6 Å². The highest BCUT2D eigenvalue weighted by Gasteiger charge is 2.65. The molecule has 2 amide bonds. The number of sulfonamides is 1. The number of ether oxygens (including phenoxy) is 1. The zero-order valence-electron chi connectivity index (χ0n) is 25.5. The van der Waals surface area contributed by atoms with Gasteiger partial charge in [-0.15, -0.1) is 0 Å². The van der Waals surface area contributed by atoms with E-state index in [1.807, 2.05) is 20.8 Å². The Kier molecular flexibility index (Phi) is 9.82. The number of likely N-dealkylation sites (tertiary alicyclic amines) is 1. The number of pyridine rings is 1. The molecular formula is C29H45N7O6S. The molecule has 1 aromatic heterocycles. The van der Waals surface area contributed by atoms with Crippen molar-refractivity contribution in [3.8, 4) is 0 Å². The van der Waals surface area contributed by atoms with Crippen molar-refractivity contribution in [3.63, 3.8) is 0 Å². The second-order valence-electron chi connectivity index (χ2n) is 12.6. The maximum atomic E-state index is 13.7. The van der Waals surface area contributed by atoms with Crippen LogP contribution in [0.1, 0.15) is 58.4 Å². The van der Waals surface area contributed by atoms with E-state index in [-0.39, 0.29) is 36.4 Å². The fourth-order valence-electron chi connectivity index (χ4n) is 7.18. The van der Waals surface area contributed by atoms with E-state index in [1.54, 1.807) is 29.4 Å². The standard InChI is InChI=1S/C29H45N7O6S/c1-5-42-26-21(9-7-13-36(26)27(30)31)33-24(38)17-35(4)25(39)22(14-19-8-6-12-32-16-19)34-43(40,41)18-29-11-10-20(15-23(29)37)28(29,2)3/h6,8,12,16,20-22,26,34H,5,7,9-11,13-15,17-18H2,1-4H3,(H3,30,31)(H,33,38). The quantitative estimate of drug-likeness (QED) is 0.192. The number of amides is 2. The number of nitrogens with one attached hydrogen (secondary N) is 3. The molecule has 2 heterocycles. The van der Waals surface area contributed by atoms with Crippen molar-refractivity contribution in [2.24, 2.45) is 22.5 Å². The SMILES string of the molecule is CCOC1C(NC(=O)CN(C)C(=O)C(Cc2cccnc2)NS(=O)(=O)CC23CCC(CC2=O)C3(C)C)CCCN1C(=N)N. The lowest BCUT2D eigenvalue weighted by Gasteiger charge is -2.41. The molecule has 1 aromatic rings. The molecule has 43 heavy (non-hydrogen) atoms. The molecule has 2 saturated carbocycles. The first-order valence-corrected chi connectivity index (χ1v) is 16.5. The van der Waals surface area contributed by atoms with Crippen LogP contribution in [0.5, 0.6) is 0 Å². The van der Waals surface area contributed by atoms with Gasteiger partial charge in [0.1, 0.15) is 11.8 Å². The maximum Gasteiger partial charge on any atom is 0.241 e. The predicted octanol–water partition coefficient (Wildman–Crippen LogP) is 0.603. The van der Waals surface area contributed by atoms with Gasteiger partial charge in [-0.3, -0.25) is 24.8 Å². The van der Waals surface area contributed by atoms with Crippen molar-refractivity contribution in [2.45, 2.75) is 77.6 Å². The highest BCUT2D eigenvalue weighted by molar-refractivity contribution is 7.89. The highest BCUT2D eigenvalue weighted by atomic mass is 32.2. The number of nitrogens with two attached hydrogens (primary N) is 1. The van der Waals surface area contributed by atoms with Crippen molar-refractivity contribution in [3.05, 3.63) is 30.1 Å². The Hall–Kier alpha value is -3.10. The fraction of sp³-hybridized carbons (Fsp3) is 0.690. The first-order chi connectivity index (χ1) is 20.2. The van der Waals surface area contributed by atoms with E-state index in [2.05, 4.69) is 15.0 Å². The smallest absolute Gasteiger partial charge is 0.241 e. The lowest BCUT2D eigenvalue weighted by atomic mass is 9.70. The molecule has 5 N–H and O–H groups in total. The lowest BCUT2D eigenvalue weighted by Crippen LogP contribution is -2.60. The molecule has 238 valence electrons. The Bertz CT molecular complexity index is 1320. The highest BCUT2D eigenvalue weighted by Crippen LogP contribution is 2.64. The van der Waals surface area contributed by atoms with E-state index in [4.69, 9.17) is 15.9 Å². The van der Waals surface area contributed by atoms with Gasteiger partial charge in [-0.2, -0.15) is 0 Å². The molecule has 2 bridgehead atoms. The van der Waals surface area contributed by atoms with Crippen molar-refractivity contribution in [2.75, 3.05) is 32.5 Å². The van der Waals surface area contributed by atoms with Crippen molar-refractivity contribution in [1.82, 2.24) is 24.8 Å². The molecule has 5 atom stereocenters. The molecule has 3 aliphatic rings. The summed E-state index contributed by atoms with van der Waals surface area (Å²) < 4.78 is 35.6. The number of hydrogen-bond acceptors (Lipinski definition) is 8. The molecule has 1 aliphatic heterocycles. The van der Waals surface area contributed by atoms with Gasteiger partial charge < -0.3 is 25.6 Å². The molecule has 14 heteroatoms. The minimum atomic E-state index is -4.08. The third-order valence-electron chi connectivity index (χ3n) is 9.67. The van der Waals surface area contributed by atoms with Crippen LogP contribution in [0.15, 0.2) is 24.5 Å². The van der Waals surface area contributed by atoms with Crippen molar-refractivity contribution in [1.29, 1.82) is 5.41 Å². The normalized spacial score (nSPS) is 27.1. The number of Topliss-reactive ketones (excluding diaryl/α,β-unsaturated/α-hetero) is 1. The Morgan fingerprint density at radius 1 is 1.33 bits per heavy atom. The van der Waals surface area contributed by atoms with Crippen LogP contribution in [-0.2, 0) is 35.6 Å². The van der Waals surface area contributed by atoms with Gasteiger partial charge in [-0.25, -0.2) is 13.1 Å². The van der Waals surface area contributed by atoms with Gasteiger partial charge in [0.05, 0.1) is 18.3 Å². The van der Waals surface area contributed by atoms with Gasteiger partial charge in [-0.05, 0) is 62.0 Å². The fourth-order valence-corrected chi connectivity index (χ4v) is 9.21. The number of carbonyl (C=O) groups excluding carboxylic acids is 3. The topological polar surface area (TPSA) is 188 Å². The van der Waals surface area contributed by atoms with E-state index >= 15 is 0 Å². The Morgan fingerprint density at radius 2 is 2.07 bits per heavy atom. The van der Waals surface area contributed by atoms with Crippen LogP contribution in [0.3, 0.4) is 0 Å². The number of nitrogens with zero attached hydrogens (tertiary/aromatic N) is 3. The summed E-state index contributed by atoms with van der Waals surface area (Å²) in [6.45, 7) is 6.32. The van der Waals surface area contributed by atoms with Crippen LogP contribution in [0.2, 0.25) is 0 Å². The van der Waals surface area contributed by atoms with E-state index in [0.717, 1.165) is 6.42 Å². The van der Waals surface area contributed by atoms with Crippen LogP contribution in [0.4, 0.5) is 0 Å².